The fourth-order valence-corrected chi connectivity index (χ4v) is 2.36. The quantitative estimate of drug-likeness (QED) is 0.932. The number of nitriles is 1. The van der Waals surface area contributed by atoms with Crippen molar-refractivity contribution >= 4 is 29.0 Å². The molecule has 0 unspecified atom stereocenters. The molecular formula is C14H10Cl2FN3O. The Labute approximate surface area is 130 Å². The van der Waals surface area contributed by atoms with Crippen LogP contribution >= 0.6 is 23.2 Å². The lowest BCUT2D eigenvalue weighted by Gasteiger charge is -2.10. The van der Waals surface area contributed by atoms with Crippen LogP contribution < -0.4 is 10.5 Å². The van der Waals surface area contributed by atoms with Gasteiger partial charge >= 0.3 is 0 Å². The molecule has 7 heteroatoms. The third-order valence-electron chi connectivity index (χ3n) is 2.73. The molecule has 21 heavy (non-hydrogen) atoms. The Morgan fingerprint density at radius 1 is 1.29 bits per heavy atom. The summed E-state index contributed by atoms with van der Waals surface area (Å²) in [6.07, 6.45) is 1.73. The number of rotatable bonds is 4. The van der Waals surface area contributed by atoms with Crippen LogP contribution in [0.25, 0.3) is 0 Å². The van der Waals surface area contributed by atoms with E-state index in [1.165, 1.54) is 24.4 Å². The first-order valence-electron chi connectivity index (χ1n) is 5.93. The van der Waals surface area contributed by atoms with Gasteiger partial charge in [0.05, 0.1) is 12.2 Å². The van der Waals surface area contributed by atoms with Crippen LogP contribution in [0, 0.1) is 17.1 Å². The molecule has 0 bridgehead atoms. The lowest BCUT2D eigenvalue weighted by molar-refractivity contribution is 0.322. The Hall–Kier alpha value is -2.03. The van der Waals surface area contributed by atoms with Gasteiger partial charge in [0, 0.05) is 28.7 Å². The second-order valence-electron chi connectivity index (χ2n) is 4.17. The second-order valence-corrected chi connectivity index (χ2v) is 4.98. The van der Waals surface area contributed by atoms with E-state index in [2.05, 4.69) is 4.98 Å². The van der Waals surface area contributed by atoms with Crippen molar-refractivity contribution in [3.8, 4) is 11.8 Å². The second kappa shape index (κ2) is 6.61. The van der Waals surface area contributed by atoms with E-state index >= 15 is 0 Å². The first kappa shape index (κ1) is 15.4. The molecule has 0 saturated heterocycles. The summed E-state index contributed by atoms with van der Waals surface area (Å²) in [5.41, 5.74) is 6.59. The smallest absolute Gasteiger partial charge is 0.166 e. The van der Waals surface area contributed by atoms with Gasteiger partial charge in [0.15, 0.2) is 11.6 Å². The van der Waals surface area contributed by atoms with Crippen LogP contribution in [0.5, 0.6) is 5.75 Å². The molecule has 0 aliphatic heterocycles. The highest BCUT2D eigenvalue weighted by atomic mass is 35.5. The molecule has 1 heterocycles. The number of anilines is 1. The molecule has 108 valence electrons. The van der Waals surface area contributed by atoms with Gasteiger partial charge < -0.3 is 10.5 Å². The molecule has 1 aromatic carbocycles. The highest BCUT2D eigenvalue weighted by Gasteiger charge is 2.10. The van der Waals surface area contributed by atoms with Gasteiger partial charge in [0.2, 0.25) is 0 Å². The molecule has 0 atom stereocenters. The van der Waals surface area contributed by atoms with Crippen molar-refractivity contribution in [2.75, 3.05) is 12.3 Å². The van der Waals surface area contributed by atoms with Crippen molar-refractivity contribution in [3.63, 3.8) is 0 Å². The van der Waals surface area contributed by atoms with Gasteiger partial charge in [-0.1, -0.05) is 23.2 Å². The van der Waals surface area contributed by atoms with E-state index in [-0.39, 0.29) is 22.5 Å². The van der Waals surface area contributed by atoms with E-state index in [0.29, 0.717) is 23.3 Å². The minimum atomic E-state index is -0.496. The maximum atomic E-state index is 13.1. The Morgan fingerprint density at radius 2 is 1.95 bits per heavy atom. The predicted molar refractivity (Wildman–Crippen MR) is 79.0 cm³/mol. The topological polar surface area (TPSA) is 71.9 Å². The first-order valence-corrected chi connectivity index (χ1v) is 6.68. The molecule has 2 rings (SSSR count). The van der Waals surface area contributed by atoms with Gasteiger partial charge in [-0.05, 0) is 17.7 Å². The number of aromatic nitrogens is 1. The molecule has 2 N–H and O–H groups in total. The summed E-state index contributed by atoms with van der Waals surface area (Å²) in [6, 6.07) is 5.82. The number of hydrogen-bond acceptors (Lipinski definition) is 4. The summed E-state index contributed by atoms with van der Waals surface area (Å²) in [7, 11) is 0. The van der Waals surface area contributed by atoms with Crippen molar-refractivity contribution in [2.24, 2.45) is 0 Å². The lowest BCUT2D eigenvalue weighted by atomic mass is 10.1. The van der Waals surface area contributed by atoms with Crippen molar-refractivity contribution in [2.45, 2.75) is 6.42 Å². The third-order valence-corrected chi connectivity index (χ3v) is 3.40. The molecule has 0 spiro atoms. The van der Waals surface area contributed by atoms with Gasteiger partial charge in [-0.15, -0.1) is 0 Å². The summed E-state index contributed by atoms with van der Waals surface area (Å²) in [6.45, 7) is 0.214. The minimum Gasteiger partial charge on any atom is -0.489 e. The Bertz CT molecular complexity index is 693. The molecule has 0 aliphatic rings. The number of nitrogens with two attached hydrogens (primary N) is 1. The number of pyridine rings is 1. The summed E-state index contributed by atoms with van der Waals surface area (Å²) in [5, 5.41) is 9.27. The average Bonchev–Trinajstić information content (AvgIpc) is 2.43. The first-order chi connectivity index (χ1) is 10.0. The zero-order valence-electron chi connectivity index (χ0n) is 10.7. The normalized spacial score (nSPS) is 10.2. The van der Waals surface area contributed by atoms with Gasteiger partial charge in [-0.2, -0.15) is 5.26 Å². The van der Waals surface area contributed by atoms with Gasteiger partial charge in [-0.3, -0.25) is 0 Å². The molecule has 0 amide bonds. The Morgan fingerprint density at radius 3 is 2.57 bits per heavy atom. The van der Waals surface area contributed by atoms with Crippen LogP contribution in [0.3, 0.4) is 0 Å². The molecule has 4 nitrogen and oxygen atoms in total. The van der Waals surface area contributed by atoms with Crippen LogP contribution in [0.4, 0.5) is 10.2 Å². The minimum absolute atomic E-state index is 0.185. The monoisotopic (exact) mass is 325 g/mol. The van der Waals surface area contributed by atoms with E-state index in [4.69, 9.17) is 38.9 Å². The molecule has 0 radical (unpaired) electrons. The van der Waals surface area contributed by atoms with Gasteiger partial charge in [0.1, 0.15) is 11.9 Å². The molecule has 0 saturated carbocycles. The van der Waals surface area contributed by atoms with E-state index in [1.54, 1.807) is 0 Å². The van der Waals surface area contributed by atoms with Crippen molar-refractivity contribution in [1.29, 1.82) is 5.26 Å². The number of ether oxygens (including phenoxy) is 1. The number of nitrogen functional groups attached to an aromatic ring is 1. The highest BCUT2D eigenvalue weighted by Crippen LogP contribution is 2.27. The summed E-state index contributed by atoms with van der Waals surface area (Å²) in [4.78, 5) is 3.85. The van der Waals surface area contributed by atoms with E-state index < -0.39 is 5.82 Å². The van der Waals surface area contributed by atoms with Crippen molar-refractivity contribution < 1.29 is 9.13 Å². The predicted octanol–water partition coefficient (Wildman–Crippen LogP) is 3.60. The Kier molecular flexibility index (Phi) is 4.84. The van der Waals surface area contributed by atoms with Crippen LogP contribution in [0.1, 0.15) is 11.1 Å². The fourth-order valence-electron chi connectivity index (χ4n) is 1.71. The molecule has 1 aromatic heterocycles. The third kappa shape index (κ3) is 3.75. The van der Waals surface area contributed by atoms with Crippen molar-refractivity contribution in [1.82, 2.24) is 4.98 Å². The molecular weight excluding hydrogens is 316 g/mol. The van der Waals surface area contributed by atoms with E-state index in [1.807, 2.05) is 6.07 Å². The number of halogens is 3. The number of hydrogen-bond donors (Lipinski definition) is 1. The summed E-state index contributed by atoms with van der Waals surface area (Å²) >= 11 is 11.9. The maximum absolute atomic E-state index is 13.1. The highest BCUT2D eigenvalue weighted by molar-refractivity contribution is 6.36. The van der Waals surface area contributed by atoms with Crippen molar-refractivity contribution in [3.05, 3.63) is 51.4 Å². The van der Waals surface area contributed by atoms with Crippen LogP contribution in [-0.2, 0) is 6.42 Å². The molecule has 0 fully saturated rings. The molecule has 0 aliphatic carbocycles. The standard InChI is InChI=1S/C14H10Cl2FN3O/c15-11-4-9(17)5-12(16)10(11)1-2-21-13-3-8(6-18)7-20-14(13)19/h3-5,7H,1-2H2,(H2,19,20). The number of benzene rings is 1. The van der Waals surface area contributed by atoms with Crippen LogP contribution in [-0.4, -0.2) is 11.6 Å². The Balaban J connectivity index is 2.07. The lowest BCUT2D eigenvalue weighted by Crippen LogP contribution is -2.05. The fraction of sp³-hybridized carbons (Fsp3) is 0.143. The maximum Gasteiger partial charge on any atom is 0.166 e. The number of nitrogens with zero attached hydrogens (tertiary/aromatic N) is 2. The van der Waals surface area contributed by atoms with E-state index in [9.17, 15) is 4.39 Å². The van der Waals surface area contributed by atoms with Gasteiger partial charge in [0.25, 0.3) is 0 Å². The zero-order chi connectivity index (χ0) is 15.4. The van der Waals surface area contributed by atoms with E-state index in [0.717, 1.165) is 0 Å². The summed E-state index contributed by atoms with van der Waals surface area (Å²) < 4.78 is 18.6. The van der Waals surface area contributed by atoms with Gasteiger partial charge in [-0.25, -0.2) is 9.37 Å². The van der Waals surface area contributed by atoms with Crippen LogP contribution in [0.15, 0.2) is 24.4 Å². The largest absolute Gasteiger partial charge is 0.489 e. The van der Waals surface area contributed by atoms with Crippen LogP contribution in [0.2, 0.25) is 10.0 Å². The summed E-state index contributed by atoms with van der Waals surface area (Å²) in [5.74, 6) is -0.00135. The SMILES string of the molecule is N#Cc1cnc(N)c(OCCc2c(Cl)cc(F)cc2Cl)c1. The molecule has 2 aromatic rings. The zero-order valence-corrected chi connectivity index (χ0v) is 12.2. The average molecular weight is 326 g/mol.